The Labute approximate surface area is 98.1 Å². The molecule has 0 bridgehead atoms. The maximum atomic E-state index is 11.8. The number of amides is 1. The third-order valence-corrected chi connectivity index (χ3v) is 4.32. The second-order valence-corrected chi connectivity index (χ2v) is 5.63. The molecule has 1 N–H and O–H groups in total. The van der Waals surface area contributed by atoms with Crippen LogP contribution in [0.15, 0.2) is 35.2 Å². The zero-order valence-corrected chi connectivity index (χ0v) is 9.58. The van der Waals surface area contributed by atoms with Gasteiger partial charge in [0.15, 0.2) is 0 Å². The zero-order chi connectivity index (χ0) is 12.2. The van der Waals surface area contributed by atoms with Crippen molar-refractivity contribution in [2.45, 2.75) is 11.0 Å². The van der Waals surface area contributed by atoms with Gasteiger partial charge >= 0.3 is 0 Å². The normalized spacial score (nSPS) is 25.1. The quantitative estimate of drug-likeness (QED) is 0.747. The average Bonchev–Trinajstić information content (AvgIpc) is 2.48. The van der Waals surface area contributed by atoms with Gasteiger partial charge in [-0.15, -0.1) is 0 Å². The minimum Gasteiger partial charge on any atom is -0.365 e. The molecule has 3 rings (SSSR count). The van der Waals surface area contributed by atoms with Gasteiger partial charge in [0.2, 0.25) is 0 Å². The largest absolute Gasteiger partial charge is 0.365 e. The molecular weight excluding hydrogens is 242 g/mol. The van der Waals surface area contributed by atoms with Crippen molar-refractivity contribution >= 4 is 15.9 Å². The van der Waals surface area contributed by atoms with E-state index in [1.807, 2.05) is 4.72 Å². The van der Waals surface area contributed by atoms with E-state index in [2.05, 4.69) is 6.58 Å². The van der Waals surface area contributed by atoms with Crippen molar-refractivity contribution in [3.63, 3.8) is 0 Å². The first-order valence-corrected chi connectivity index (χ1v) is 6.48. The van der Waals surface area contributed by atoms with Crippen molar-refractivity contribution in [3.05, 3.63) is 41.5 Å². The molecule has 6 heteroatoms. The van der Waals surface area contributed by atoms with E-state index in [0.717, 1.165) is 5.57 Å². The Morgan fingerprint density at radius 2 is 2.18 bits per heavy atom. The van der Waals surface area contributed by atoms with Crippen molar-refractivity contribution in [1.29, 1.82) is 0 Å². The predicted molar refractivity (Wildman–Crippen MR) is 58.9 cm³/mol. The number of carbonyl (C=O) groups is 1. The van der Waals surface area contributed by atoms with Gasteiger partial charge in [-0.2, -0.15) is 0 Å². The summed E-state index contributed by atoms with van der Waals surface area (Å²) < 4.78 is 30.9. The van der Waals surface area contributed by atoms with Gasteiger partial charge in [0, 0.05) is 5.56 Å². The fraction of sp³-hybridized carbons (Fsp3) is 0.182. The first-order chi connectivity index (χ1) is 8.00. The number of rotatable bonds is 1. The molecule has 2 aliphatic heterocycles. The highest BCUT2D eigenvalue weighted by atomic mass is 32.2. The third-order valence-electron chi connectivity index (χ3n) is 2.87. The highest BCUT2D eigenvalue weighted by molar-refractivity contribution is 7.90. The van der Waals surface area contributed by atoms with Crippen LogP contribution >= 0.6 is 0 Å². The van der Waals surface area contributed by atoms with E-state index < -0.39 is 22.0 Å². The minimum absolute atomic E-state index is 0.0239. The summed E-state index contributed by atoms with van der Waals surface area (Å²) in [5.41, 5.74) is 1.47. The molecule has 0 aliphatic carbocycles. The number of benzene rings is 1. The molecule has 0 spiro atoms. The lowest BCUT2D eigenvalue weighted by molar-refractivity contribution is 0.0138. The lowest BCUT2D eigenvalue weighted by atomic mass is 9.97. The summed E-state index contributed by atoms with van der Waals surface area (Å²) in [6.45, 7) is 4.21. The van der Waals surface area contributed by atoms with E-state index in [9.17, 15) is 13.2 Å². The molecule has 88 valence electrons. The number of carbonyl (C=O) groups excluding carboxylic acids is 1. The van der Waals surface area contributed by atoms with Crippen molar-refractivity contribution in [1.82, 2.24) is 4.72 Å². The summed E-state index contributed by atoms with van der Waals surface area (Å²) >= 11 is 0. The molecule has 1 atom stereocenters. The Morgan fingerprint density at radius 1 is 1.41 bits per heavy atom. The SMILES string of the molecule is C=C1COC1c1cccc2c1S(=O)(=O)NC2=O. The summed E-state index contributed by atoms with van der Waals surface area (Å²) in [7, 11) is -3.75. The summed E-state index contributed by atoms with van der Waals surface area (Å²) in [5, 5.41) is 0. The van der Waals surface area contributed by atoms with Crippen LogP contribution in [0.25, 0.3) is 0 Å². The molecule has 1 amide bonds. The van der Waals surface area contributed by atoms with Gasteiger partial charge in [-0.25, -0.2) is 13.1 Å². The van der Waals surface area contributed by atoms with E-state index in [0.29, 0.717) is 12.2 Å². The molecule has 0 saturated carbocycles. The van der Waals surface area contributed by atoms with Gasteiger partial charge < -0.3 is 4.74 Å². The van der Waals surface area contributed by atoms with Gasteiger partial charge in [-0.1, -0.05) is 18.7 Å². The zero-order valence-electron chi connectivity index (χ0n) is 8.76. The van der Waals surface area contributed by atoms with Gasteiger partial charge in [0.25, 0.3) is 15.9 Å². The highest BCUT2D eigenvalue weighted by Gasteiger charge is 2.39. The number of fused-ring (bicyclic) bond motifs is 1. The second-order valence-electron chi connectivity index (χ2n) is 4.01. The predicted octanol–water partition coefficient (Wildman–Crippen LogP) is 0.746. The Kier molecular flexibility index (Phi) is 1.96. The third kappa shape index (κ3) is 1.34. The van der Waals surface area contributed by atoms with Gasteiger partial charge in [-0.3, -0.25) is 4.79 Å². The Morgan fingerprint density at radius 3 is 2.76 bits per heavy atom. The molecule has 17 heavy (non-hydrogen) atoms. The Bertz CT molecular complexity index is 647. The lowest BCUT2D eigenvalue weighted by Crippen LogP contribution is -2.25. The molecule has 1 unspecified atom stereocenters. The molecule has 0 aromatic heterocycles. The molecule has 2 aliphatic rings. The maximum Gasteiger partial charge on any atom is 0.266 e. The Hall–Kier alpha value is -1.66. The summed E-state index contributed by atoms with van der Waals surface area (Å²) in [5.74, 6) is -0.591. The number of ether oxygens (including phenoxy) is 1. The lowest BCUT2D eigenvalue weighted by Gasteiger charge is -2.30. The molecule has 1 aromatic carbocycles. The topological polar surface area (TPSA) is 72.5 Å². The molecule has 1 aromatic rings. The van der Waals surface area contributed by atoms with E-state index in [4.69, 9.17) is 4.74 Å². The minimum atomic E-state index is -3.75. The molecule has 2 heterocycles. The van der Waals surface area contributed by atoms with Gasteiger partial charge in [-0.05, 0) is 11.6 Å². The van der Waals surface area contributed by atoms with Crippen molar-refractivity contribution in [2.24, 2.45) is 0 Å². The summed E-state index contributed by atoms with van der Waals surface area (Å²) in [6, 6.07) is 4.77. The van der Waals surface area contributed by atoms with E-state index >= 15 is 0 Å². The monoisotopic (exact) mass is 251 g/mol. The summed E-state index contributed by atoms with van der Waals surface area (Å²) in [4.78, 5) is 11.5. The fourth-order valence-corrected chi connectivity index (χ4v) is 3.45. The van der Waals surface area contributed by atoms with E-state index in [1.165, 1.54) is 6.07 Å². The number of sulfonamides is 1. The van der Waals surface area contributed by atoms with E-state index in [-0.39, 0.29) is 10.5 Å². The number of hydrogen-bond acceptors (Lipinski definition) is 4. The van der Waals surface area contributed by atoms with Crippen LogP contribution in [0, 0.1) is 0 Å². The molecule has 0 radical (unpaired) electrons. The van der Waals surface area contributed by atoms with Gasteiger partial charge in [0.1, 0.15) is 11.0 Å². The second kappa shape index (κ2) is 3.18. The smallest absolute Gasteiger partial charge is 0.266 e. The van der Waals surface area contributed by atoms with Gasteiger partial charge in [0.05, 0.1) is 12.2 Å². The van der Waals surface area contributed by atoms with Crippen LogP contribution in [-0.4, -0.2) is 20.9 Å². The molecule has 5 nitrogen and oxygen atoms in total. The maximum absolute atomic E-state index is 11.8. The standard InChI is InChI=1S/C11H9NO4S/c1-6-5-16-9(6)7-3-2-4-8-10(7)17(14,15)12-11(8)13/h2-4,9H,1,5H2,(H,12,13). The van der Waals surface area contributed by atoms with Crippen LogP contribution in [-0.2, 0) is 14.8 Å². The van der Waals surface area contributed by atoms with Crippen molar-refractivity contribution < 1.29 is 17.9 Å². The van der Waals surface area contributed by atoms with Crippen LogP contribution in [0.4, 0.5) is 0 Å². The van der Waals surface area contributed by atoms with Crippen LogP contribution < -0.4 is 4.72 Å². The first kappa shape index (κ1) is 10.5. The molecule has 1 saturated heterocycles. The van der Waals surface area contributed by atoms with Crippen LogP contribution in [0.3, 0.4) is 0 Å². The Balaban J connectivity index is 2.26. The first-order valence-electron chi connectivity index (χ1n) is 5.00. The number of nitrogens with one attached hydrogen (secondary N) is 1. The van der Waals surface area contributed by atoms with E-state index in [1.54, 1.807) is 12.1 Å². The number of hydrogen-bond donors (Lipinski definition) is 1. The fourth-order valence-electron chi connectivity index (χ4n) is 2.06. The summed E-state index contributed by atoms with van der Waals surface area (Å²) in [6.07, 6.45) is -0.424. The highest BCUT2D eigenvalue weighted by Crippen LogP contribution is 2.39. The molecule has 1 fully saturated rings. The van der Waals surface area contributed by atoms with Crippen molar-refractivity contribution in [2.75, 3.05) is 6.61 Å². The van der Waals surface area contributed by atoms with Crippen molar-refractivity contribution in [3.8, 4) is 0 Å². The average molecular weight is 251 g/mol. The van der Waals surface area contributed by atoms with Crippen LogP contribution in [0.2, 0.25) is 0 Å². The van der Waals surface area contributed by atoms with Crippen LogP contribution in [0.5, 0.6) is 0 Å². The van der Waals surface area contributed by atoms with Crippen LogP contribution in [0.1, 0.15) is 22.0 Å². The molecular formula is C11H9NO4S.